The van der Waals surface area contributed by atoms with E-state index in [1.807, 2.05) is 46.0 Å². The fraction of sp³-hybridized carbons (Fsp3) is 0.400. The van der Waals surface area contributed by atoms with Crippen molar-refractivity contribution >= 4 is 0 Å². The number of aryl methyl sites for hydroxylation is 4. The van der Waals surface area contributed by atoms with Crippen molar-refractivity contribution in [2.24, 2.45) is 7.05 Å². The Balaban J connectivity index is 2.55. The summed E-state index contributed by atoms with van der Waals surface area (Å²) in [5.41, 5.74) is 4.60. The first kappa shape index (κ1) is 13.6. The van der Waals surface area contributed by atoms with Crippen LogP contribution in [0.5, 0.6) is 5.88 Å². The highest BCUT2D eigenvalue weighted by atomic mass is 16.5. The van der Waals surface area contributed by atoms with E-state index >= 15 is 0 Å². The van der Waals surface area contributed by atoms with Crippen molar-refractivity contribution in [1.29, 1.82) is 0 Å². The fourth-order valence-electron chi connectivity index (χ4n) is 2.42. The van der Waals surface area contributed by atoms with E-state index in [0.29, 0.717) is 5.88 Å². The van der Waals surface area contributed by atoms with Crippen LogP contribution in [-0.4, -0.2) is 22.0 Å². The van der Waals surface area contributed by atoms with E-state index < -0.39 is 6.10 Å². The quantitative estimate of drug-likeness (QED) is 0.922. The monoisotopic (exact) mass is 260 g/mol. The van der Waals surface area contributed by atoms with E-state index in [1.54, 1.807) is 11.8 Å². The first-order chi connectivity index (χ1) is 8.95. The Morgan fingerprint density at radius 2 is 1.95 bits per heavy atom. The van der Waals surface area contributed by atoms with E-state index in [1.165, 1.54) is 0 Å². The third-order valence-electron chi connectivity index (χ3n) is 3.41. The molecular formula is C15H20N2O2. The molecule has 19 heavy (non-hydrogen) atoms. The summed E-state index contributed by atoms with van der Waals surface area (Å²) in [5, 5.41) is 15.0. The molecule has 1 atom stereocenters. The average molecular weight is 260 g/mol. The zero-order valence-electron chi connectivity index (χ0n) is 12.1. The second kappa shape index (κ2) is 5.05. The molecule has 0 aliphatic rings. The van der Waals surface area contributed by atoms with Crippen molar-refractivity contribution in [1.82, 2.24) is 9.78 Å². The van der Waals surface area contributed by atoms with Crippen LogP contribution in [0.3, 0.4) is 0 Å². The third kappa shape index (κ3) is 2.36. The lowest BCUT2D eigenvalue weighted by molar-refractivity contribution is 0.212. The number of hydrogen-bond donors (Lipinski definition) is 1. The molecule has 0 saturated carbocycles. The molecule has 4 heteroatoms. The molecule has 4 nitrogen and oxygen atoms in total. The SMILES string of the molecule is COc1c(C(O)c2cc(C)ccc2C)c(C)nn1C. The highest BCUT2D eigenvalue weighted by molar-refractivity contribution is 5.43. The number of nitrogens with zero attached hydrogens (tertiary/aromatic N) is 2. The molecule has 2 rings (SSSR count). The Labute approximate surface area is 113 Å². The van der Waals surface area contributed by atoms with Crippen LogP contribution in [0.15, 0.2) is 18.2 Å². The van der Waals surface area contributed by atoms with Gasteiger partial charge in [0.2, 0.25) is 5.88 Å². The van der Waals surface area contributed by atoms with E-state index in [-0.39, 0.29) is 0 Å². The maximum absolute atomic E-state index is 10.7. The Bertz CT molecular complexity index is 602. The van der Waals surface area contributed by atoms with Gasteiger partial charge < -0.3 is 9.84 Å². The minimum atomic E-state index is -0.719. The van der Waals surface area contributed by atoms with Gasteiger partial charge in [0.25, 0.3) is 0 Å². The molecule has 1 aromatic carbocycles. The zero-order valence-corrected chi connectivity index (χ0v) is 12.1. The van der Waals surface area contributed by atoms with Gasteiger partial charge in [0.15, 0.2) is 0 Å². The molecule has 0 spiro atoms. The molecule has 2 aromatic rings. The number of ether oxygens (including phenoxy) is 1. The molecule has 0 radical (unpaired) electrons. The first-order valence-electron chi connectivity index (χ1n) is 6.28. The third-order valence-corrected chi connectivity index (χ3v) is 3.41. The molecular weight excluding hydrogens is 240 g/mol. The van der Waals surface area contributed by atoms with E-state index in [4.69, 9.17) is 4.74 Å². The standard InChI is InChI=1S/C15H20N2O2/c1-9-6-7-10(2)12(8-9)14(18)13-11(3)16-17(4)15(13)19-5/h6-8,14,18H,1-5H3. The number of benzene rings is 1. The van der Waals surface area contributed by atoms with Crippen molar-refractivity contribution in [2.45, 2.75) is 26.9 Å². The number of aliphatic hydroxyl groups excluding tert-OH is 1. The van der Waals surface area contributed by atoms with Crippen molar-refractivity contribution in [3.63, 3.8) is 0 Å². The van der Waals surface area contributed by atoms with Gasteiger partial charge in [-0.3, -0.25) is 0 Å². The van der Waals surface area contributed by atoms with Gasteiger partial charge >= 0.3 is 0 Å². The van der Waals surface area contributed by atoms with Crippen LogP contribution >= 0.6 is 0 Å². The number of rotatable bonds is 3. The first-order valence-corrected chi connectivity index (χ1v) is 6.28. The maximum atomic E-state index is 10.7. The molecule has 0 bridgehead atoms. The van der Waals surface area contributed by atoms with Crippen molar-refractivity contribution in [3.05, 3.63) is 46.1 Å². The van der Waals surface area contributed by atoms with Crippen molar-refractivity contribution in [3.8, 4) is 5.88 Å². The molecule has 102 valence electrons. The normalized spacial score (nSPS) is 12.5. The lowest BCUT2D eigenvalue weighted by atomic mass is 9.96. The van der Waals surface area contributed by atoms with Gasteiger partial charge in [-0.1, -0.05) is 23.8 Å². The minimum absolute atomic E-state index is 0.603. The summed E-state index contributed by atoms with van der Waals surface area (Å²) in [6.07, 6.45) is -0.719. The van der Waals surface area contributed by atoms with E-state index in [9.17, 15) is 5.11 Å². The summed E-state index contributed by atoms with van der Waals surface area (Å²) in [7, 11) is 3.40. The van der Waals surface area contributed by atoms with E-state index in [0.717, 1.165) is 27.9 Å². The molecule has 0 amide bonds. The number of aliphatic hydroxyl groups is 1. The van der Waals surface area contributed by atoms with Gasteiger partial charge in [-0.2, -0.15) is 5.10 Å². The molecule has 1 aromatic heterocycles. The van der Waals surface area contributed by atoms with Gasteiger partial charge in [0.1, 0.15) is 6.10 Å². The van der Waals surface area contributed by atoms with Gasteiger partial charge in [-0.25, -0.2) is 4.68 Å². The zero-order chi connectivity index (χ0) is 14.2. The topological polar surface area (TPSA) is 47.3 Å². The van der Waals surface area contributed by atoms with Gasteiger partial charge in [0.05, 0.1) is 18.4 Å². The van der Waals surface area contributed by atoms with Gasteiger partial charge in [-0.05, 0) is 31.9 Å². The molecule has 1 unspecified atom stereocenters. The minimum Gasteiger partial charge on any atom is -0.481 e. The average Bonchev–Trinajstić information content (AvgIpc) is 2.65. The fourth-order valence-corrected chi connectivity index (χ4v) is 2.42. The largest absolute Gasteiger partial charge is 0.481 e. The van der Waals surface area contributed by atoms with Crippen LogP contribution in [0, 0.1) is 20.8 Å². The Hall–Kier alpha value is -1.81. The van der Waals surface area contributed by atoms with Crippen LogP contribution in [0.2, 0.25) is 0 Å². The molecule has 1 N–H and O–H groups in total. The van der Waals surface area contributed by atoms with Crippen molar-refractivity contribution < 1.29 is 9.84 Å². The molecule has 0 fully saturated rings. The van der Waals surface area contributed by atoms with Crippen LogP contribution in [0.4, 0.5) is 0 Å². The number of methoxy groups -OCH3 is 1. The molecule has 0 aliphatic heterocycles. The van der Waals surface area contributed by atoms with E-state index in [2.05, 4.69) is 5.10 Å². The lowest BCUT2D eigenvalue weighted by Gasteiger charge is -2.15. The summed E-state index contributed by atoms with van der Waals surface area (Å²) >= 11 is 0. The summed E-state index contributed by atoms with van der Waals surface area (Å²) in [6.45, 7) is 5.89. The summed E-state index contributed by atoms with van der Waals surface area (Å²) in [4.78, 5) is 0. The van der Waals surface area contributed by atoms with Crippen LogP contribution in [-0.2, 0) is 7.05 Å². The van der Waals surface area contributed by atoms with Gasteiger partial charge in [-0.15, -0.1) is 0 Å². The maximum Gasteiger partial charge on any atom is 0.217 e. The van der Waals surface area contributed by atoms with Crippen LogP contribution in [0.25, 0.3) is 0 Å². The van der Waals surface area contributed by atoms with Crippen molar-refractivity contribution in [2.75, 3.05) is 7.11 Å². The molecule has 0 saturated heterocycles. The molecule has 0 aliphatic carbocycles. The Kier molecular flexibility index (Phi) is 3.62. The highest BCUT2D eigenvalue weighted by Crippen LogP contribution is 2.33. The predicted molar refractivity (Wildman–Crippen MR) is 74.5 cm³/mol. The summed E-state index contributed by atoms with van der Waals surface area (Å²) < 4.78 is 7.00. The second-order valence-corrected chi connectivity index (χ2v) is 4.89. The second-order valence-electron chi connectivity index (χ2n) is 4.89. The predicted octanol–water partition coefficient (Wildman–Crippen LogP) is 2.44. The van der Waals surface area contributed by atoms with Crippen LogP contribution < -0.4 is 4.74 Å². The van der Waals surface area contributed by atoms with Gasteiger partial charge in [0, 0.05) is 7.05 Å². The summed E-state index contributed by atoms with van der Waals surface area (Å²) in [5.74, 6) is 0.603. The number of hydrogen-bond acceptors (Lipinski definition) is 3. The smallest absolute Gasteiger partial charge is 0.217 e. The lowest BCUT2D eigenvalue weighted by Crippen LogP contribution is -2.05. The Morgan fingerprint density at radius 1 is 1.26 bits per heavy atom. The molecule has 1 heterocycles. The Morgan fingerprint density at radius 3 is 2.58 bits per heavy atom. The van der Waals surface area contributed by atoms with Crippen LogP contribution in [0.1, 0.15) is 34.1 Å². The highest BCUT2D eigenvalue weighted by Gasteiger charge is 2.24. The number of aromatic nitrogens is 2. The summed E-state index contributed by atoms with van der Waals surface area (Å²) in [6, 6.07) is 6.07.